The van der Waals surface area contributed by atoms with E-state index in [9.17, 15) is 0 Å². The monoisotopic (exact) mass is 525 g/mol. The van der Waals surface area contributed by atoms with Gasteiger partial charge in [-0.05, 0) is 71.4 Å². The van der Waals surface area contributed by atoms with E-state index in [1.807, 2.05) is 84.9 Å². The topological polar surface area (TPSA) is 34.8 Å². The van der Waals surface area contributed by atoms with Crippen molar-refractivity contribution in [1.29, 1.82) is 0 Å². The molecule has 0 radical (unpaired) electrons. The van der Waals surface area contributed by atoms with Gasteiger partial charge >= 0.3 is 0 Å². The van der Waals surface area contributed by atoms with Gasteiger partial charge in [-0.1, -0.05) is 66.2 Å². The van der Waals surface area contributed by atoms with Crippen LogP contribution in [0.15, 0.2) is 126 Å². The first-order valence-electron chi connectivity index (χ1n) is 12.7. The molecule has 0 saturated heterocycles. The second-order valence-electron chi connectivity index (χ2n) is 9.52. The molecule has 6 aromatic carbocycles. The second-order valence-corrected chi connectivity index (χ2v) is 9.93. The predicted octanol–water partition coefficient (Wildman–Crippen LogP) is 10.8. The SMILES string of the molecule is Clc1ccc(N(c2ccccc2)c2ccc3c(c2)Oc2ccccc2O3)c2oc3cc4ccccc4cc3c12. The maximum atomic E-state index is 6.82. The maximum Gasteiger partial charge on any atom is 0.172 e. The highest BCUT2D eigenvalue weighted by atomic mass is 35.5. The van der Waals surface area contributed by atoms with Gasteiger partial charge in [0.25, 0.3) is 0 Å². The van der Waals surface area contributed by atoms with Crippen molar-refractivity contribution in [3.05, 3.63) is 126 Å². The Hall–Kier alpha value is -4.93. The highest BCUT2D eigenvalue weighted by Gasteiger charge is 2.24. The van der Waals surface area contributed by atoms with Crippen LogP contribution in [0.4, 0.5) is 17.1 Å². The molecule has 7 aromatic rings. The largest absolute Gasteiger partial charge is 0.454 e. The van der Waals surface area contributed by atoms with Crippen molar-refractivity contribution in [1.82, 2.24) is 0 Å². The Morgan fingerprint density at radius 3 is 2.00 bits per heavy atom. The number of halogens is 1. The van der Waals surface area contributed by atoms with Crippen LogP contribution in [0.2, 0.25) is 5.02 Å². The molecule has 2 heterocycles. The Morgan fingerprint density at radius 1 is 0.538 bits per heavy atom. The Kier molecular flexibility index (Phi) is 4.84. The number of furan rings is 1. The number of rotatable bonds is 3. The van der Waals surface area contributed by atoms with Crippen molar-refractivity contribution in [3.63, 3.8) is 0 Å². The molecule has 0 saturated carbocycles. The normalized spacial score (nSPS) is 12.1. The first kappa shape index (κ1) is 22.1. The van der Waals surface area contributed by atoms with Gasteiger partial charge in [-0.3, -0.25) is 0 Å². The Labute approximate surface area is 229 Å². The summed E-state index contributed by atoms with van der Waals surface area (Å²) in [4.78, 5) is 2.16. The number of nitrogens with zero attached hydrogens (tertiary/aromatic N) is 1. The molecule has 0 amide bonds. The third-order valence-corrected chi connectivity index (χ3v) is 7.46. The lowest BCUT2D eigenvalue weighted by Crippen LogP contribution is -2.11. The first-order valence-corrected chi connectivity index (χ1v) is 13.1. The van der Waals surface area contributed by atoms with Crippen LogP contribution >= 0.6 is 11.6 Å². The lowest BCUT2D eigenvalue weighted by molar-refractivity contribution is 0.360. The molecule has 0 unspecified atom stereocenters. The minimum Gasteiger partial charge on any atom is -0.454 e. The van der Waals surface area contributed by atoms with Gasteiger partial charge in [0, 0.05) is 22.5 Å². The van der Waals surface area contributed by atoms with E-state index in [-0.39, 0.29) is 0 Å². The minimum absolute atomic E-state index is 0.646. The summed E-state index contributed by atoms with van der Waals surface area (Å²) < 4.78 is 18.9. The predicted molar refractivity (Wildman–Crippen MR) is 158 cm³/mol. The van der Waals surface area contributed by atoms with Gasteiger partial charge in [-0.25, -0.2) is 0 Å². The number of anilines is 3. The van der Waals surface area contributed by atoms with Crippen molar-refractivity contribution in [3.8, 4) is 23.0 Å². The van der Waals surface area contributed by atoms with Crippen LogP contribution in [0.25, 0.3) is 32.7 Å². The second kappa shape index (κ2) is 8.55. The lowest BCUT2D eigenvalue weighted by atomic mass is 10.1. The van der Waals surface area contributed by atoms with Gasteiger partial charge in [-0.15, -0.1) is 0 Å². The van der Waals surface area contributed by atoms with Crippen molar-refractivity contribution in [2.45, 2.75) is 0 Å². The third-order valence-electron chi connectivity index (χ3n) is 7.15. The molecular formula is C34H20ClNO3. The molecule has 1 aliphatic rings. The average molecular weight is 526 g/mol. The molecular weight excluding hydrogens is 506 g/mol. The van der Waals surface area contributed by atoms with Crippen LogP contribution in [-0.4, -0.2) is 0 Å². The fourth-order valence-corrected chi connectivity index (χ4v) is 5.60. The summed E-state index contributed by atoms with van der Waals surface area (Å²) in [7, 11) is 0. The van der Waals surface area contributed by atoms with E-state index in [0.29, 0.717) is 28.0 Å². The van der Waals surface area contributed by atoms with E-state index in [2.05, 4.69) is 41.3 Å². The number of ether oxygens (including phenoxy) is 2. The molecule has 0 N–H and O–H groups in total. The summed E-state index contributed by atoms with van der Waals surface area (Å²) in [5.74, 6) is 2.70. The number of para-hydroxylation sites is 3. The molecule has 0 aliphatic carbocycles. The summed E-state index contributed by atoms with van der Waals surface area (Å²) >= 11 is 6.82. The molecule has 1 aromatic heterocycles. The van der Waals surface area contributed by atoms with E-state index < -0.39 is 0 Å². The number of hydrogen-bond donors (Lipinski definition) is 0. The standard InChI is InChI=1S/C34H20ClNO3/c35-26-15-16-27(34-33(26)25-18-21-8-4-5-9-22(21)19-31(25)39-34)36(23-10-2-1-3-11-23)24-14-17-30-32(20-24)38-29-13-7-6-12-28(29)37-30/h1-20H. The molecule has 0 fully saturated rings. The van der Waals surface area contributed by atoms with Gasteiger partial charge in [0.15, 0.2) is 28.6 Å². The van der Waals surface area contributed by atoms with E-state index in [1.165, 1.54) is 0 Å². The van der Waals surface area contributed by atoms with E-state index >= 15 is 0 Å². The molecule has 1 aliphatic heterocycles. The van der Waals surface area contributed by atoms with Crippen molar-refractivity contribution in [2.24, 2.45) is 0 Å². The molecule has 0 atom stereocenters. The molecule has 8 rings (SSSR count). The highest BCUT2D eigenvalue weighted by molar-refractivity contribution is 6.38. The van der Waals surface area contributed by atoms with Crippen LogP contribution in [-0.2, 0) is 0 Å². The zero-order valence-corrected chi connectivity index (χ0v) is 21.4. The van der Waals surface area contributed by atoms with Crippen LogP contribution in [0.3, 0.4) is 0 Å². The summed E-state index contributed by atoms with van der Waals surface area (Å²) in [6.07, 6.45) is 0. The number of benzene rings is 6. The summed E-state index contributed by atoms with van der Waals surface area (Å²) in [6.45, 7) is 0. The van der Waals surface area contributed by atoms with Gasteiger partial charge in [0.1, 0.15) is 5.58 Å². The quantitative estimate of drug-likeness (QED) is 0.230. The Morgan fingerprint density at radius 2 is 1.21 bits per heavy atom. The molecule has 4 nitrogen and oxygen atoms in total. The molecule has 186 valence electrons. The van der Waals surface area contributed by atoms with E-state index in [4.69, 9.17) is 25.5 Å². The third kappa shape index (κ3) is 3.53. The summed E-state index contributed by atoms with van der Waals surface area (Å²) in [5.41, 5.74) is 4.26. The molecule has 0 bridgehead atoms. The zero-order chi connectivity index (χ0) is 25.9. The molecule has 5 heteroatoms. The number of hydrogen-bond acceptors (Lipinski definition) is 4. The first-order chi connectivity index (χ1) is 19.2. The van der Waals surface area contributed by atoms with Crippen molar-refractivity contribution < 1.29 is 13.9 Å². The van der Waals surface area contributed by atoms with Crippen molar-refractivity contribution in [2.75, 3.05) is 4.90 Å². The van der Waals surface area contributed by atoms with E-state index in [1.54, 1.807) is 0 Å². The van der Waals surface area contributed by atoms with Crippen LogP contribution < -0.4 is 14.4 Å². The van der Waals surface area contributed by atoms with Gasteiger partial charge in [0.2, 0.25) is 0 Å². The fourth-order valence-electron chi connectivity index (χ4n) is 5.35. The fraction of sp³-hybridized carbons (Fsp3) is 0. The average Bonchev–Trinajstić information content (AvgIpc) is 3.36. The Balaban J connectivity index is 1.36. The lowest BCUT2D eigenvalue weighted by Gasteiger charge is -2.27. The minimum atomic E-state index is 0.646. The van der Waals surface area contributed by atoms with Gasteiger partial charge < -0.3 is 18.8 Å². The van der Waals surface area contributed by atoms with Crippen LogP contribution in [0.1, 0.15) is 0 Å². The maximum absolute atomic E-state index is 6.82. The van der Waals surface area contributed by atoms with Crippen LogP contribution in [0.5, 0.6) is 23.0 Å². The van der Waals surface area contributed by atoms with Crippen LogP contribution in [0, 0.1) is 0 Å². The highest BCUT2D eigenvalue weighted by Crippen LogP contribution is 2.49. The van der Waals surface area contributed by atoms with Gasteiger partial charge in [-0.2, -0.15) is 0 Å². The smallest absolute Gasteiger partial charge is 0.172 e. The summed E-state index contributed by atoms with van der Waals surface area (Å²) in [5, 5.41) is 4.79. The van der Waals surface area contributed by atoms with Crippen molar-refractivity contribution >= 4 is 61.4 Å². The molecule has 0 spiro atoms. The van der Waals surface area contributed by atoms with E-state index in [0.717, 1.165) is 49.8 Å². The summed E-state index contributed by atoms with van der Waals surface area (Å²) in [6, 6.07) is 40.3. The molecule has 39 heavy (non-hydrogen) atoms. The zero-order valence-electron chi connectivity index (χ0n) is 20.6. The van der Waals surface area contributed by atoms with Gasteiger partial charge in [0.05, 0.1) is 16.4 Å². The Bertz CT molecular complexity index is 2050. The number of fused-ring (bicyclic) bond motifs is 6.